The molecular formula is C13H21N5O2. The van der Waals surface area contributed by atoms with Gasteiger partial charge in [0, 0.05) is 18.5 Å². The molecule has 3 N–H and O–H groups in total. The fourth-order valence-electron chi connectivity index (χ4n) is 2.46. The van der Waals surface area contributed by atoms with Gasteiger partial charge in [0.15, 0.2) is 0 Å². The van der Waals surface area contributed by atoms with Crippen LogP contribution in [0, 0.1) is 5.92 Å². The molecule has 7 nitrogen and oxygen atoms in total. The number of aromatic nitrogens is 2. The Labute approximate surface area is 117 Å². The van der Waals surface area contributed by atoms with E-state index in [9.17, 15) is 4.79 Å². The van der Waals surface area contributed by atoms with Crippen LogP contribution in [0.5, 0.6) is 0 Å². The van der Waals surface area contributed by atoms with Gasteiger partial charge in [0.25, 0.3) is 0 Å². The second-order valence-corrected chi connectivity index (χ2v) is 5.93. The van der Waals surface area contributed by atoms with E-state index < -0.39 is 0 Å². The van der Waals surface area contributed by atoms with Crippen LogP contribution in [-0.2, 0) is 4.79 Å². The molecule has 2 heterocycles. The second-order valence-electron chi connectivity index (χ2n) is 5.93. The Morgan fingerprint density at radius 1 is 1.45 bits per heavy atom. The highest BCUT2D eigenvalue weighted by Crippen LogP contribution is 2.39. The largest absolute Gasteiger partial charge is 0.408 e. The lowest BCUT2D eigenvalue weighted by atomic mass is 9.94. The Morgan fingerprint density at radius 2 is 2.25 bits per heavy atom. The van der Waals surface area contributed by atoms with Gasteiger partial charge in [-0.15, -0.1) is 5.10 Å². The molecule has 3 rings (SSSR count). The number of piperidine rings is 1. The van der Waals surface area contributed by atoms with Gasteiger partial charge in [-0.1, -0.05) is 12.0 Å². The normalized spacial score (nSPS) is 27.5. The number of rotatable bonds is 4. The van der Waals surface area contributed by atoms with Crippen molar-refractivity contribution in [2.45, 2.75) is 38.1 Å². The molecule has 1 aromatic heterocycles. The number of nitrogens with two attached hydrogens (primary N) is 1. The van der Waals surface area contributed by atoms with Crippen LogP contribution in [0.2, 0.25) is 0 Å². The average molecular weight is 279 g/mol. The predicted octanol–water partition coefficient (Wildman–Crippen LogP) is 0.555. The molecule has 0 aromatic carbocycles. The second kappa shape index (κ2) is 5.49. The zero-order valence-electron chi connectivity index (χ0n) is 11.7. The van der Waals surface area contributed by atoms with E-state index in [2.05, 4.69) is 27.3 Å². The van der Waals surface area contributed by atoms with Crippen LogP contribution in [0.15, 0.2) is 4.42 Å². The zero-order chi connectivity index (χ0) is 14.1. The Bertz CT molecular complexity index is 485. The number of hydrogen-bond donors (Lipinski definition) is 2. The average Bonchev–Trinajstić information content (AvgIpc) is 3.15. The van der Waals surface area contributed by atoms with Gasteiger partial charge in [-0.3, -0.25) is 15.0 Å². The van der Waals surface area contributed by atoms with Crippen molar-refractivity contribution >= 4 is 11.9 Å². The Kier molecular flexibility index (Phi) is 3.71. The lowest BCUT2D eigenvalue weighted by Gasteiger charge is -2.34. The van der Waals surface area contributed by atoms with Gasteiger partial charge in [0.1, 0.15) is 0 Å². The third-order valence-electron chi connectivity index (χ3n) is 4.08. The molecule has 2 atom stereocenters. The van der Waals surface area contributed by atoms with Gasteiger partial charge < -0.3 is 10.2 Å². The summed E-state index contributed by atoms with van der Waals surface area (Å²) in [5.41, 5.74) is 6.03. The highest BCUT2D eigenvalue weighted by Gasteiger charge is 2.30. The third-order valence-corrected chi connectivity index (χ3v) is 4.08. The van der Waals surface area contributed by atoms with Crippen molar-refractivity contribution in [1.29, 1.82) is 0 Å². The number of amides is 1. The number of nitrogens with zero attached hydrogens (tertiary/aromatic N) is 3. The Balaban J connectivity index is 1.48. The van der Waals surface area contributed by atoms with E-state index in [-0.39, 0.29) is 18.0 Å². The maximum atomic E-state index is 11.9. The van der Waals surface area contributed by atoms with Crippen molar-refractivity contribution in [3.8, 4) is 0 Å². The molecule has 110 valence electrons. The summed E-state index contributed by atoms with van der Waals surface area (Å²) in [7, 11) is 0. The molecule has 1 aromatic rings. The van der Waals surface area contributed by atoms with Crippen LogP contribution >= 0.6 is 0 Å². The van der Waals surface area contributed by atoms with Crippen molar-refractivity contribution < 1.29 is 9.21 Å². The summed E-state index contributed by atoms with van der Waals surface area (Å²) in [5, 5.41) is 10.4. The molecule has 2 aliphatic rings. The van der Waals surface area contributed by atoms with Gasteiger partial charge in [0.05, 0.1) is 6.54 Å². The third kappa shape index (κ3) is 3.16. The van der Waals surface area contributed by atoms with Gasteiger partial charge >= 0.3 is 6.01 Å². The Hall–Kier alpha value is -1.47. The highest BCUT2D eigenvalue weighted by molar-refractivity contribution is 5.90. The monoisotopic (exact) mass is 279 g/mol. The predicted molar refractivity (Wildman–Crippen MR) is 73.1 cm³/mol. The standard InChI is InChI=1S/C13H21N5O2/c1-8-4-5-18(6-10(8)14)7-11(19)15-13-17-16-12(20-13)9-2-3-9/h8-10H,2-7,14H2,1H3,(H,15,17,19). The van der Waals surface area contributed by atoms with Crippen molar-refractivity contribution in [2.24, 2.45) is 11.7 Å². The maximum Gasteiger partial charge on any atom is 0.322 e. The van der Waals surface area contributed by atoms with E-state index in [4.69, 9.17) is 10.2 Å². The van der Waals surface area contributed by atoms with E-state index in [0.717, 1.165) is 32.4 Å². The lowest BCUT2D eigenvalue weighted by Crippen LogP contribution is -2.49. The van der Waals surface area contributed by atoms with E-state index >= 15 is 0 Å². The number of carbonyl (C=O) groups is 1. The van der Waals surface area contributed by atoms with Crippen molar-refractivity contribution in [1.82, 2.24) is 15.1 Å². The summed E-state index contributed by atoms with van der Waals surface area (Å²) < 4.78 is 5.41. The van der Waals surface area contributed by atoms with Crippen LogP contribution < -0.4 is 11.1 Å². The van der Waals surface area contributed by atoms with Crippen molar-refractivity contribution in [3.05, 3.63) is 5.89 Å². The summed E-state index contributed by atoms with van der Waals surface area (Å²) in [6, 6.07) is 0.341. The molecule has 1 saturated carbocycles. The molecule has 1 aliphatic heterocycles. The SMILES string of the molecule is CC1CCN(CC(=O)Nc2nnc(C3CC3)o2)CC1N. The summed E-state index contributed by atoms with van der Waals surface area (Å²) >= 11 is 0. The highest BCUT2D eigenvalue weighted by atomic mass is 16.4. The molecule has 0 radical (unpaired) electrons. The van der Waals surface area contributed by atoms with Crippen LogP contribution in [-0.4, -0.2) is 46.7 Å². The first-order chi connectivity index (χ1) is 9.61. The minimum absolute atomic E-state index is 0.127. The van der Waals surface area contributed by atoms with E-state index in [0.29, 0.717) is 24.3 Å². The van der Waals surface area contributed by atoms with Crippen molar-refractivity contribution in [3.63, 3.8) is 0 Å². The quantitative estimate of drug-likeness (QED) is 0.835. The maximum absolute atomic E-state index is 11.9. The molecule has 7 heteroatoms. The van der Waals surface area contributed by atoms with Crippen LogP contribution in [0.4, 0.5) is 6.01 Å². The number of likely N-dealkylation sites (tertiary alicyclic amines) is 1. The number of carbonyl (C=O) groups excluding carboxylic acids is 1. The molecule has 2 fully saturated rings. The first kappa shape index (κ1) is 13.5. The summed E-state index contributed by atoms with van der Waals surface area (Å²) in [5.74, 6) is 1.42. The molecule has 1 amide bonds. The fraction of sp³-hybridized carbons (Fsp3) is 0.769. The van der Waals surface area contributed by atoms with Crippen LogP contribution in [0.25, 0.3) is 0 Å². The topological polar surface area (TPSA) is 97.3 Å². The van der Waals surface area contributed by atoms with Crippen LogP contribution in [0.1, 0.15) is 38.0 Å². The zero-order valence-corrected chi connectivity index (χ0v) is 11.7. The van der Waals surface area contributed by atoms with Gasteiger partial charge in [0.2, 0.25) is 11.8 Å². The molecule has 20 heavy (non-hydrogen) atoms. The number of nitrogens with one attached hydrogen (secondary N) is 1. The van der Waals surface area contributed by atoms with Gasteiger partial charge in [-0.25, -0.2) is 0 Å². The minimum atomic E-state index is -0.127. The molecule has 1 aliphatic carbocycles. The lowest BCUT2D eigenvalue weighted by molar-refractivity contribution is -0.117. The number of anilines is 1. The van der Waals surface area contributed by atoms with Gasteiger partial charge in [-0.2, -0.15) is 0 Å². The summed E-state index contributed by atoms with van der Waals surface area (Å²) in [6.45, 7) is 4.13. The first-order valence-electron chi connectivity index (χ1n) is 7.23. The summed E-state index contributed by atoms with van der Waals surface area (Å²) in [6.07, 6.45) is 3.22. The van der Waals surface area contributed by atoms with E-state index in [1.807, 2.05) is 0 Å². The molecule has 0 spiro atoms. The fourth-order valence-corrected chi connectivity index (χ4v) is 2.46. The Morgan fingerprint density at radius 3 is 2.95 bits per heavy atom. The minimum Gasteiger partial charge on any atom is -0.408 e. The summed E-state index contributed by atoms with van der Waals surface area (Å²) in [4.78, 5) is 14.0. The number of hydrogen-bond acceptors (Lipinski definition) is 6. The van der Waals surface area contributed by atoms with Gasteiger partial charge in [-0.05, 0) is 31.7 Å². The molecule has 2 unspecified atom stereocenters. The molecular weight excluding hydrogens is 258 g/mol. The van der Waals surface area contributed by atoms with Crippen molar-refractivity contribution in [2.75, 3.05) is 25.0 Å². The first-order valence-corrected chi connectivity index (χ1v) is 7.23. The molecule has 1 saturated heterocycles. The molecule has 0 bridgehead atoms. The van der Waals surface area contributed by atoms with E-state index in [1.54, 1.807) is 0 Å². The van der Waals surface area contributed by atoms with E-state index in [1.165, 1.54) is 0 Å². The van der Waals surface area contributed by atoms with Crippen LogP contribution in [0.3, 0.4) is 0 Å². The smallest absolute Gasteiger partial charge is 0.322 e.